The molecule has 1 aliphatic rings. The van der Waals surface area contributed by atoms with Gasteiger partial charge in [0.15, 0.2) is 5.69 Å². The molecule has 2 aromatic carbocycles. The van der Waals surface area contributed by atoms with E-state index in [4.69, 9.17) is 0 Å². The molecule has 0 N–H and O–H groups in total. The molecule has 0 radical (unpaired) electrons. The lowest BCUT2D eigenvalue weighted by Crippen LogP contribution is -2.18. The van der Waals surface area contributed by atoms with E-state index in [2.05, 4.69) is 80.6 Å². The Labute approximate surface area is 120 Å². The average molecular weight is 261 g/mol. The molecule has 3 rings (SSSR count). The third-order valence-electron chi connectivity index (χ3n) is 3.93. The van der Waals surface area contributed by atoms with Crippen molar-refractivity contribution in [3.8, 4) is 0 Å². The monoisotopic (exact) mass is 261 g/mol. The minimum Gasteiger partial charge on any atom is -0.248 e. The average Bonchev–Trinajstić information content (AvgIpc) is 2.43. The van der Waals surface area contributed by atoms with Gasteiger partial charge in [-0.15, -0.1) is 6.07 Å². The van der Waals surface area contributed by atoms with E-state index in [0.717, 1.165) is 0 Å². The fourth-order valence-electron chi connectivity index (χ4n) is 2.77. The van der Waals surface area contributed by atoms with Crippen LogP contribution in [0.15, 0.2) is 48.5 Å². The highest BCUT2D eigenvalue weighted by Gasteiger charge is 2.25. The Balaban J connectivity index is 2.16. The maximum absolute atomic E-state index is 4.27. The summed E-state index contributed by atoms with van der Waals surface area (Å²) in [5.41, 5.74) is 7.52. The van der Waals surface area contributed by atoms with Gasteiger partial charge in [-0.05, 0) is 30.2 Å². The van der Waals surface area contributed by atoms with Gasteiger partial charge in [-0.3, -0.25) is 0 Å². The molecule has 0 saturated carbocycles. The van der Waals surface area contributed by atoms with Crippen LogP contribution in [0.4, 0.5) is 5.69 Å². The number of fused-ring (bicyclic) bond motifs is 1. The minimum absolute atomic E-state index is 1.17. The fourth-order valence-corrected chi connectivity index (χ4v) is 2.77. The van der Waals surface area contributed by atoms with Gasteiger partial charge in [-0.25, -0.2) is 4.58 Å². The quantitative estimate of drug-likeness (QED) is 0.519. The van der Waals surface area contributed by atoms with Crippen molar-refractivity contribution in [1.82, 2.24) is 0 Å². The smallest absolute Gasteiger partial charge is 0.160 e. The molecular weight excluding hydrogens is 242 g/mol. The van der Waals surface area contributed by atoms with Crippen LogP contribution in [-0.4, -0.2) is 11.3 Å². The molecule has 0 amide bonds. The lowest BCUT2D eigenvalue weighted by atomic mass is 9.91. The van der Waals surface area contributed by atoms with Crippen LogP contribution in [0.2, 0.25) is 0 Å². The molecule has 0 saturated heterocycles. The predicted octanol–water partition coefficient (Wildman–Crippen LogP) is 4.65. The second kappa shape index (κ2) is 4.68. The lowest BCUT2D eigenvalue weighted by Gasteiger charge is -2.26. The van der Waals surface area contributed by atoms with Crippen molar-refractivity contribution in [3.05, 3.63) is 76.8 Å². The van der Waals surface area contributed by atoms with Gasteiger partial charge in [0.05, 0.1) is 6.72 Å². The molecule has 1 aliphatic heterocycles. The molecule has 0 aliphatic carbocycles. The standard InChI is InChI=1S/C19H19N/c1-13-9-10-17-15(3)12-19(20(4)18(17)11-13)16-8-6-5-7-14(16)2/h5-12H,4H2,1-3H3. The van der Waals surface area contributed by atoms with Crippen molar-refractivity contribution in [2.45, 2.75) is 20.8 Å². The zero-order valence-corrected chi connectivity index (χ0v) is 12.3. The summed E-state index contributed by atoms with van der Waals surface area (Å²) in [4.78, 5) is 0. The van der Waals surface area contributed by atoms with Gasteiger partial charge in [0.1, 0.15) is 6.04 Å². The second-order valence-corrected chi connectivity index (χ2v) is 5.48. The van der Waals surface area contributed by atoms with Gasteiger partial charge >= 0.3 is 0 Å². The molecule has 0 bridgehead atoms. The van der Waals surface area contributed by atoms with Crippen LogP contribution in [0.5, 0.6) is 0 Å². The predicted molar refractivity (Wildman–Crippen MR) is 85.4 cm³/mol. The fraction of sp³-hybridized carbons (Fsp3) is 0.158. The van der Waals surface area contributed by atoms with Crippen molar-refractivity contribution in [2.24, 2.45) is 0 Å². The molecule has 0 spiro atoms. The van der Waals surface area contributed by atoms with Crippen molar-refractivity contribution >= 4 is 18.0 Å². The lowest BCUT2D eigenvalue weighted by molar-refractivity contribution is -0.401. The van der Waals surface area contributed by atoms with Crippen molar-refractivity contribution in [2.75, 3.05) is 0 Å². The Morgan fingerprint density at radius 3 is 2.50 bits per heavy atom. The minimum atomic E-state index is 1.17. The van der Waals surface area contributed by atoms with E-state index >= 15 is 0 Å². The highest BCUT2D eigenvalue weighted by molar-refractivity contribution is 5.77. The number of benzene rings is 2. The Morgan fingerprint density at radius 2 is 1.75 bits per heavy atom. The largest absolute Gasteiger partial charge is 0.248 e. The summed E-state index contributed by atoms with van der Waals surface area (Å²) in [6.45, 7) is 10.7. The highest BCUT2D eigenvalue weighted by Crippen LogP contribution is 2.38. The van der Waals surface area contributed by atoms with E-state index in [0.29, 0.717) is 0 Å². The molecule has 1 heteroatoms. The van der Waals surface area contributed by atoms with Crippen LogP contribution in [0.3, 0.4) is 0 Å². The van der Waals surface area contributed by atoms with E-state index in [1.165, 1.54) is 39.6 Å². The van der Waals surface area contributed by atoms with Crippen LogP contribution in [0, 0.1) is 19.9 Å². The van der Waals surface area contributed by atoms with Crippen molar-refractivity contribution in [3.63, 3.8) is 0 Å². The Hall–Kier alpha value is -2.28. The molecule has 20 heavy (non-hydrogen) atoms. The maximum Gasteiger partial charge on any atom is 0.160 e. The summed E-state index contributed by atoms with van der Waals surface area (Å²) in [5, 5.41) is 0. The summed E-state index contributed by atoms with van der Waals surface area (Å²) in [7, 11) is 0. The van der Waals surface area contributed by atoms with Gasteiger partial charge < -0.3 is 0 Å². The van der Waals surface area contributed by atoms with Crippen LogP contribution < -0.4 is 0 Å². The summed E-state index contributed by atoms with van der Waals surface area (Å²) >= 11 is 0. The van der Waals surface area contributed by atoms with E-state index in [9.17, 15) is 0 Å². The molecular formula is C19H19N. The van der Waals surface area contributed by atoms with Crippen LogP contribution in [0.25, 0.3) is 5.57 Å². The number of hydrogen-bond donors (Lipinski definition) is 0. The zero-order chi connectivity index (χ0) is 14.3. The number of rotatable bonds is 1. The normalized spacial score (nSPS) is 14.1. The molecule has 1 nitrogen and oxygen atoms in total. The van der Waals surface area contributed by atoms with Gasteiger partial charge in [0.2, 0.25) is 0 Å². The Bertz CT molecular complexity index is 722. The SMILES string of the molecule is C=[N+]1c2cc(C)ccc2C(C)=C[C-]1c1ccccc1C. The van der Waals surface area contributed by atoms with Gasteiger partial charge in [0.25, 0.3) is 0 Å². The second-order valence-electron chi connectivity index (χ2n) is 5.48. The van der Waals surface area contributed by atoms with E-state index in [-0.39, 0.29) is 0 Å². The van der Waals surface area contributed by atoms with Crippen LogP contribution >= 0.6 is 0 Å². The third kappa shape index (κ3) is 1.96. The Kier molecular flexibility index (Phi) is 2.98. The van der Waals surface area contributed by atoms with E-state index in [1.807, 2.05) is 0 Å². The first-order chi connectivity index (χ1) is 9.58. The van der Waals surface area contributed by atoms with Gasteiger partial charge in [-0.1, -0.05) is 60.9 Å². The molecule has 0 aromatic heterocycles. The van der Waals surface area contributed by atoms with Crippen LogP contribution in [0.1, 0.15) is 29.2 Å². The summed E-state index contributed by atoms with van der Waals surface area (Å²) in [5.74, 6) is 0. The molecule has 1 heterocycles. The first-order valence-electron chi connectivity index (χ1n) is 6.91. The van der Waals surface area contributed by atoms with Gasteiger partial charge in [0, 0.05) is 0 Å². The zero-order valence-electron chi connectivity index (χ0n) is 12.3. The first-order valence-corrected chi connectivity index (χ1v) is 6.91. The topological polar surface area (TPSA) is 3.01 Å². The number of nitrogens with zero attached hydrogens (tertiary/aromatic N) is 1. The first kappa shape index (κ1) is 12.7. The Morgan fingerprint density at radius 1 is 1.00 bits per heavy atom. The van der Waals surface area contributed by atoms with Gasteiger partial charge in [-0.2, -0.15) is 0 Å². The summed E-state index contributed by atoms with van der Waals surface area (Å²) in [6.07, 6.45) is 2.23. The summed E-state index contributed by atoms with van der Waals surface area (Å²) < 4.78 is 2.05. The molecule has 0 atom stereocenters. The molecule has 100 valence electrons. The number of aryl methyl sites for hydroxylation is 2. The third-order valence-corrected chi connectivity index (χ3v) is 3.93. The van der Waals surface area contributed by atoms with E-state index in [1.54, 1.807) is 0 Å². The van der Waals surface area contributed by atoms with Crippen molar-refractivity contribution in [1.29, 1.82) is 0 Å². The molecule has 0 unspecified atom stereocenters. The molecule has 0 fully saturated rings. The number of hydrogen-bond acceptors (Lipinski definition) is 0. The number of allylic oxidation sites excluding steroid dienone is 1. The van der Waals surface area contributed by atoms with Crippen molar-refractivity contribution < 1.29 is 4.58 Å². The van der Waals surface area contributed by atoms with Crippen LogP contribution in [-0.2, 0) is 0 Å². The van der Waals surface area contributed by atoms with E-state index < -0.39 is 0 Å². The molecule has 2 aromatic rings. The summed E-state index contributed by atoms with van der Waals surface area (Å²) in [6, 6.07) is 16.2. The maximum atomic E-state index is 4.27. The highest BCUT2D eigenvalue weighted by atomic mass is 15.0.